The molecule has 186 valence electrons. The smallest absolute Gasteiger partial charge is 0.224 e. The molecule has 5 N–H and O–H groups in total. The summed E-state index contributed by atoms with van der Waals surface area (Å²) in [4.78, 5) is 12.4. The van der Waals surface area contributed by atoms with Crippen LogP contribution in [0.25, 0.3) is 0 Å². The van der Waals surface area contributed by atoms with Crippen LogP contribution in [0.15, 0.2) is 60.7 Å². The van der Waals surface area contributed by atoms with Crippen LogP contribution < -0.4 is 10.6 Å². The van der Waals surface area contributed by atoms with E-state index < -0.39 is 6.10 Å². The number of halogens is 2. The number of amides is 1. The molecule has 0 heterocycles. The molecule has 3 rings (SSSR count). The van der Waals surface area contributed by atoms with E-state index in [0.29, 0.717) is 28.6 Å². The average molecular weight is 517 g/mol. The molecule has 0 aliphatic rings. The van der Waals surface area contributed by atoms with Crippen LogP contribution in [0.4, 0.5) is 0 Å². The Morgan fingerprint density at radius 2 is 1.60 bits per heavy atom. The zero-order valence-corrected chi connectivity index (χ0v) is 21.2. The van der Waals surface area contributed by atoms with Gasteiger partial charge in [0.15, 0.2) is 0 Å². The first kappa shape index (κ1) is 26.8. The summed E-state index contributed by atoms with van der Waals surface area (Å²) in [5, 5.41) is 36.9. The Labute approximate surface area is 215 Å². The molecule has 1 atom stereocenters. The van der Waals surface area contributed by atoms with E-state index in [1.807, 2.05) is 44.2 Å². The number of β-amino-alcohol motifs (C(OH)–C–C–N with tert-alkyl or cyclic N) is 1. The summed E-state index contributed by atoms with van der Waals surface area (Å²) in [6, 6.07) is 17.2. The van der Waals surface area contributed by atoms with Crippen molar-refractivity contribution in [3.05, 3.63) is 93.0 Å². The number of benzene rings is 3. The van der Waals surface area contributed by atoms with Crippen LogP contribution in [0, 0.1) is 0 Å². The fourth-order valence-corrected chi connectivity index (χ4v) is 4.14. The summed E-state index contributed by atoms with van der Waals surface area (Å²) in [6.45, 7) is 4.66. The average Bonchev–Trinajstić information content (AvgIpc) is 2.77. The number of rotatable bonds is 10. The van der Waals surface area contributed by atoms with Crippen LogP contribution in [0.5, 0.6) is 11.5 Å². The second-order valence-electron chi connectivity index (χ2n) is 9.26. The van der Waals surface area contributed by atoms with Crippen molar-refractivity contribution in [3.8, 4) is 11.5 Å². The van der Waals surface area contributed by atoms with Crippen molar-refractivity contribution >= 4 is 29.1 Å². The van der Waals surface area contributed by atoms with E-state index >= 15 is 0 Å². The predicted molar refractivity (Wildman–Crippen MR) is 139 cm³/mol. The predicted octanol–water partition coefficient (Wildman–Crippen LogP) is 4.91. The Morgan fingerprint density at radius 1 is 0.914 bits per heavy atom. The summed E-state index contributed by atoms with van der Waals surface area (Å²) in [5.41, 5.74) is 2.91. The molecular weight excluding hydrogens is 487 g/mol. The van der Waals surface area contributed by atoms with Gasteiger partial charge in [-0.05, 0) is 66.8 Å². The number of aromatic hydroxyl groups is 2. The van der Waals surface area contributed by atoms with Crippen LogP contribution in [0.1, 0.15) is 42.2 Å². The van der Waals surface area contributed by atoms with Gasteiger partial charge in [-0.25, -0.2) is 0 Å². The second kappa shape index (κ2) is 11.8. The van der Waals surface area contributed by atoms with Crippen molar-refractivity contribution in [1.82, 2.24) is 10.6 Å². The van der Waals surface area contributed by atoms with Crippen molar-refractivity contribution in [1.29, 1.82) is 0 Å². The molecule has 0 spiro atoms. The third-order valence-electron chi connectivity index (χ3n) is 5.56. The minimum Gasteiger partial charge on any atom is -0.508 e. The van der Waals surface area contributed by atoms with Crippen LogP contribution in [0.3, 0.4) is 0 Å². The molecule has 0 radical (unpaired) electrons. The Balaban J connectivity index is 1.53. The lowest BCUT2D eigenvalue weighted by Gasteiger charge is -2.28. The molecular formula is C27H30Cl2N2O4. The van der Waals surface area contributed by atoms with Crippen molar-refractivity contribution in [3.63, 3.8) is 0 Å². The lowest BCUT2D eigenvalue weighted by atomic mass is 9.93. The van der Waals surface area contributed by atoms with E-state index in [1.54, 1.807) is 12.1 Å². The largest absolute Gasteiger partial charge is 0.508 e. The van der Waals surface area contributed by atoms with Crippen LogP contribution >= 0.6 is 23.2 Å². The molecule has 8 heteroatoms. The second-order valence-corrected chi connectivity index (χ2v) is 10.1. The van der Waals surface area contributed by atoms with Crippen molar-refractivity contribution < 1.29 is 20.1 Å². The molecule has 0 aliphatic heterocycles. The number of nitrogens with one attached hydrogen (secondary N) is 2. The van der Waals surface area contributed by atoms with Gasteiger partial charge in [0.1, 0.15) is 11.5 Å². The highest BCUT2D eigenvalue weighted by molar-refractivity contribution is 6.42. The highest BCUT2D eigenvalue weighted by Crippen LogP contribution is 2.25. The molecule has 0 saturated carbocycles. The molecule has 0 saturated heterocycles. The quantitative estimate of drug-likeness (QED) is 0.263. The normalized spacial score (nSPS) is 12.4. The number of phenolic OH excluding ortho intramolecular Hbond substituents is 2. The third kappa shape index (κ3) is 8.44. The Morgan fingerprint density at radius 3 is 2.29 bits per heavy atom. The van der Waals surface area contributed by atoms with Crippen LogP contribution in [-0.2, 0) is 24.2 Å². The molecule has 3 aromatic rings. The molecule has 0 fully saturated rings. The molecule has 0 aliphatic carbocycles. The molecule has 6 nitrogen and oxygen atoms in total. The number of hydrogen-bond acceptors (Lipinski definition) is 5. The highest BCUT2D eigenvalue weighted by atomic mass is 35.5. The van der Waals surface area contributed by atoms with E-state index in [0.717, 1.165) is 16.7 Å². The minimum atomic E-state index is -0.891. The summed E-state index contributed by atoms with van der Waals surface area (Å²) < 4.78 is 0. The fourth-order valence-electron chi connectivity index (χ4n) is 3.82. The number of carbonyl (C=O) groups excluding carboxylic acids is 1. The van der Waals surface area contributed by atoms with Gasteiger partial charge in [-0.2, -0.15) is 0 Å². The van der Waals surface area contributed by atoms with Gasteiger partial charge >= 0.3 is 0 Å². The van der Waals surface area contributed by atoms with Gasteiger partial charge in [-0.15, -0.1) is 0 Å². The van der Waals surface area contributed by atoms with E-state index in [4.69, 9.17) is 23.2 Å². The maximum absolute atomic E-state index is 12.4. The lowest BCUT2D eigenvalue weighted by Crippen LogP contribution is -2.43. The zero-order valence-electron chi connectivity index (χ0n) is 19.7. The van der Waals surface area contributed by atoms with E-state index in [9.17, 15) is 20.1 Å². The minimum absolute atomic E-state index is 0.0944. The van der Waals surface area contributed by atoms with Gasteiger partial charge in [0.05, 0.1) is 22.6 Å². The summed E-state index contributed by atoms with van der Waals surface area (Å²) in [7, 11) is 0. The maximum atomic E-state index is 12.4. The Bertz CT molecular complexity index is 1160. The molecule has 35 heavy (non-hydrogen) atoms. The summed E-state index contributed by atoms with van der Waals surface area (Å²) >= 11 is 12.0. The third-order valence-corrected chi connectivity index (χ3v) is 6.30. The van der Waals surface area contributed by atoms with Gasteiger partial charge in [0.2, 0.25) is 5.91 Å². The molecule has 1 unspecified atom stereocenters. The maximum Gasteiger partial charge on any atom is 0.224 e. The van der Waals surface area contributed by atoms with E-state index in [-0.39, 0.29) is 35.9 Å². The van der Waals surface area contributed by atoms with Gasteiger partial charge in [-0.1, -0.05) is 53.5 Å². The van der Waals surface area contributed by atoms with E-state index in [1.165, 1.54) is 18.2 Å². The Hall–Kier alpha value is -2.77. The molecule has 0 aromatic heterocycles. The van der Waals surface area contributed by atoms with Crippen molar-refractivity contribution in [2.75, 3.05) is 6.54 Å². The van der Waals surface area contributed by atoms with Crippen LogP contribution in [-0.4, -0.2) is 33.3 Å². The van der Waals surface area contributed by atoms with E-state index in [2.05, 4.69) is 10.6 Å². The van der Waals surface area contributed by atoms with Crippen molar-refractivity contribution in [2.24, 2.45) is 0 Å². The molecule has 3 aromatic carbocycles. The summed E-state index contributed by atoms with van der Waals surface area (Å²) in [5.74, 6) is -0.296. The SMILES string of the molecule is CC(C)(Cc1cccc(CC(=O)NCc2ccc(Cl)c(Cl)c2)c1)NCC(O)c1cc(O)cc(O)c1. The molecule has 1 amide bonds. The molecule has 0 bridgehead atoms. The first-order valence-corrected chi connectivity index (χ1v) is 12.0. The number of phenols is 2. The number of aliphatic hydroxyl groups is 1. The Kier molecular flexibility index (Phi) is 9.03. The van der Waals surface area contributed by atoms with Gasteiger partial charge in [0, 0.05) is 24.7 Å². The number of aliphatic hydroxyl groups excluding tert-OH is 1. The monoisotopic (exact) mass is 516 g/mol. The lowest BCUT2D eigenvalue weighted by molar-refractivity contribution is -0.120. The van der Waals surface area contributed by atoms with Crippen LogP contribution in [0.2, 0.25) is 10.0 Å². The standard InChI is InChI=1S/C27H30Cl2N2O4/c1-27(2,31-16-25(34)20-11-21(32)13-22(33)12-20)14-18-5-3-4-17(8-18)10-26(35)30-15-19-6-7-23(28)24(29)9-19/h3-9,11-13,25,31-34H,10,14-16H2,1-2H3,(H,30,35). The number of carbonyl (C=O) groups is 1. The fraction of sp³-hybridized carbons (Fsp3) is 0.296. The topological polar surface area (TPSA) is 102 Å². The van der Waals surface area contributed by atoms with Crippen molar-refractivity contribution in [2.45, 2.75) is 44.9 Å². The highest BCUT2D eigenvalue weighted by Gasteiger charge is 2.20. The van der Waals surface area contributed by atoms with Gasteiger partial charge < -0.3 is 26.0 Å². The first-order chi connectivity index (χ1) is 16.5. The summed E-state index contributed by atoms with van der Waals surface area (Å²) in [6.07, 6.45) is 0.0322. The first-order valence-electron chi connectivity index (χ1n) is 11.3. The van der Waals surface area contributed by atoms with Gasteiger partial charge in [-0.3, -0.25) is 4.79 Å². The zero-order chi connectivity index (χ0) is 25.6. The number of hydrogen-bond donors (Lipinski definition) is 5. The van der Waals surface area contributed by atoms with Gasteiger partial charge in [0.25, 0.3) is 0 Å².